The van der Waals surface area contributed by atoms with Crippen LogP contribution < -0.4 is 0 Å². The van der Waals surface area contributed by atoms with Crippen LogP contribution in [0.3, 0.4) is 0 Å². The maximum atomic E-state index is 13.0. The van der Waals surface area contributed by atoms with E-state index in [4.69, 9.17) is 4.74 Å². The van der Waals surface area contributed by atoms with Crippen molar-refractivity contribution in [2.24, 2.45) is 0 Å². The standard InChI is InChI=1S/C19H26N2O5S/c1-14-7-3-4-12-21(14)27(24,25)16-9-5-8-15(13-16)18(22)20-11-6-10-17(20)19(23)26-2/h5,8-9,13-14,17H,3-4,6-7,10-12H2,1-2H3. The third-order valence-electron chi connectivity index (χ3n) is 5.42. The van der Waals surface area contributed by atoms with Crippen molar-refractivity contribution in [2.45, 2.75) is 56.0 Å². The van der Waals surface area contributed by atoms with Crippen LogP contribution in [0.1, 0.15) is 49.4 Å². The Morgan fingerprint density at radius 2 is 1.89 bits per heavy atom. The number of carbonyl (C=O) groups is 2. The van der Waals surface area contributed by atoms with Gasteiger partial charge in [-0.3, -0.25) is 4.79 Å². The first kappa shape index (κ1) is 19.8. The lowest BCUT2D eigenvalue weighted by atomic mass is 10.1. The molecule has 0 spiro atoms. The topological polar surface area (TPSA) is 84.0 Å². The number of piperidine rings is 1. The summed E-state index contributed by atoms with van der Waals surface area (Å²) in [5.74, 6) is -0.779. The van der Waals surface area contributed by atoms with Crippen LogP contribution in [0, 0.1) is 0 Å². The molecular formula is C19H26N2O5S. The predicted octanol–water partition coefficient (Wildman–Crippen LogP) is 2.03. The van der Waals surface area contributed by atoms with E-state index in [2.05, 4.69) is 0 Å². The molecular weight excluding hydrogens is 368 g/mol. The monoisotopic (exact) mass is 394 g/mol. The highest BCUT2D eigenvalue weighted by molar-refractivity contribution is 7.89. The fourth-order valence-corrected chi connectivity index (χ4v) is 5.66. The van der Waals surface area contributed by atoms with Gasteiger partial charge >= 0.3 is 5.97 Å². The molecule has 148 valence electrons. The fourth-order valence-electron chi connectivity index (χ4n) is 3.91. The molecule has 2 saturated heterocycles. The Kier molecular flexibility index (Phi) is 5.86. The van der Waals surface area contributed by atoms with Gasteiger partial charge in [0, 0.05) is 24.7 Å². The van der Waals surface area contributed by atoms with Crippen LogP contribution in [0.25, 0.3) is 0 Å². The number of benzene rings is 1. The molecule has 0 saturated carbocycles. The molecule has 27 heavy (non-hydrogen) atoms. The molecule has 1 amide bonds. The third kappa shape index (κ3) is 3.87. The number of nitrogens with zero attached hydrogens (tertiary/aromatic N) is 2. The van der Waals surface area contributed by atoms with Crippen molar-refractivity contribution in [1.82, 2.24) is 9.21 Å². The SMILES string of the molecule is COC(=O)C1CCCN1C(=O)c1cccc(S(=O)(=O)N2CCCCC2C)c1. The molecule has 1 aromatic carbocycles. The quantitative estimate of drug-likeness (QED) is 0.730. The van der Waals surface area contributed by atoms with Gasteiger partial charge in [-0.2, -0.15) is 4.31 Å². The van der Waals surface area contributed by atoms with E-state index in [9.17, 15) is 18.0 Å². The Morgan fingerprint density at radius 3 is 2.59 bits per heavy atom. The maximum Gasteiger partial charge on any atom is 0.328 e. The Labute approximate surface area is 160 Å². The second kappa shape index (κ2) is 7.98. The summed E-state index contributed by atoms with van der Waals surface area (Å²) in [7, 11) is -2.35. The summed E-state index contributed by atoms with van der Waals surface area (Å²) >= 11 is 0. The highest BCUT2D eigenvalue weighted by Crippen LogP contribution is 2.27. The second-order valence-corrected chi connectivity index (χ2v) is 9.06. The van der Waals surface area contributed by atoms with Gasteiger partial charge in [-0.25, -0.2) is 13.2 Å². The largest absolute Gasteiger partial charge is 0.467 e. The number of likely N-dealkylation sites (tertiary alicyclic amines) is 1. The summed E-state index contributed by atoms with van der Waals surface area (Å²) in [6, 6.07) is 5.46. The number of ether oxygens (including phenoxy) is 1. The molecule has 2 atom stereocenters. The molecule has 0 N–H and O–H groups in total. The number of carbonyl (C=O) groups excluding carboxylic acids is 2. The molecule has 2 aliphatic heterocycles. The van der Waals surface area contributed by atoms with Crippen molar-refractivity contribution in [3.8, 4) is 0 Å². The first-order valence-corrected chi connectivity index (χ1v) is 10.8. The van der Waals surface area contributed by atoms with Gasteiger partial charge in [0.15, 0.2) is 0 Å². The number of amides is 1. The van der Waals surface area contributed by atoms with Crippen molar-refractivity contribution < 1.29 is 22.7 Å². The Balaban J connectivity index is 1.87. The van der Waals surface area contributed by atoms with Gasteiger partial charge in [-0.05, 0) is 50.8 Å². The van der Waals surface area contributed by atoms with Gasteiger partial charge < -0.3 is 9.64 Å². The lowest BCUT2D eigenvalue weighted by Gasteiger charge is -2.32. The van der Waals surface area contributed by atoms with Crippen molar-refractivity contribution >= 4 is 21.9 Å². The molecule has 1 aromatic rings. The van der Waals surface area contributed by atoms with Gasteiger partial charge in [0.25, 0.3) is 5.91 Å². The lowest BCUT2D eigenvalue weighted by Crippen LogP contribution is -2.42. The van der Waals surface area contributed by atoms with E-state index in [0.717, 1.165) is 25.7 Å². The van der Waals surface area contributed by atoms with E-state index in [1.807, 2.05) is 6.92 Å². The number of sulfonamides is 1. The summed E-state index contributed by atoms with van der Waals surface area (Å²) in [6.07, 6.45) is 3.98. The first-order chi connectivity index (χ1) is 12.9. The molecule has 8 heteroatoms. The van der Waals surface area contributed by atoms with Gasteiger partial charge in [0.2, 0.25) is 10.0 Å². The zero-order valence-corrected chi connectivity index (χ0v) is 16.6. The van der Waals surface area contributed by atoms with Crippen molar-refractivity contribution in [3.05, 3.63) is 29.8 Å². The molecule has 2 heterocycles. The summed E-state index contributed by atoms with van der Waals surface area (Å²) in [5, 5.41) is 0. The molecule has 0 aromatic heterocycles. The van der Waals surface area contributed by atoms with E-state index < -0.39 is 22.0 Å². The molecule has 7 nitrogen and oxygen atoms in total. The second-order valence-electron chi connectivity index (χ2n) is 7.17. The lowest BCUT2D eigenvalue weighted by molar-refractivity contribution is -0.145. The molecule has 2 unspecified atom stereocenters. The smallest absolute Gasteiger partial charge is 0.328 e. The molecule has 0 aliphatic carbocycles. The van der Waals surface area contributed by atoms with Gasteiger partial charge in [0.05, 0.1) is 12.0 Å². The summed E-state index contributed by atoms with van der Waals surface area (Å²) in [6.45, 7) is 2.87. The minimum absolute atomic E-state index is 0.0506. The van der Waals surface area contributed by atoms with Crippen LogP contribution in [0.4, 0.5) is 0 Å². The number of methoxy groups -OCH3 is 1. The Morgan fingerprint density at radius 1 is 1.11 bits per heavy atom. The van der Waals surface area contributed by atoms with E-state index >= 15 is 0 Å². The zero-order valence-electron chi connectivity index (χ0n) is 15.8. The highest BCUT2D eigenvalue weighted by atomic mass is 32.2. The number of hydrogen-bond donors (Lipinski definition) is 0. The van der Waals surface area contributed by atoms with Crippen molar-refractivity contribution in [3.63, 3.8) is 0 Å². The van der Waals surface area contributed by atoms with Crippen LogP contribution in [0.2, 0.25) is 0 Å². The van der Waals surface area contributed by atoms with Crippen molar-refractivity contribution in [2.75, 3.05) is 20.2 Å². The van der Waals surface area contributed by atoms with E-state index in [1.54, 1.807) is 12.1 Å². The number of rotatable bonds is 4. The van der Waals surface area contributed by atoms with Crippen LogP contribution in [-0.4, -0.2) is 61.8 Å². The van der Waals surface area contributed by atoms with Gasteiger partial charge in [-0.1, -0.05) is 12.5 Å². The molecule has 2 aliphatic rings. The summed E-state index contributed by atoms with van der Waals surface area (Å²) in [4.78, 5) is 26.4. The predicted molar refractivity (Wildman–Crippen MR) is 99.7 cm³/mol. The first-order valence-electron chi connectivity index (χ1n) is 9.37. The molecule has 2 fully saturated rings. The summed E-state index contributed by atoms with van der Waals surface area (Å²) < 4.78 is 32.4. The Hall–Kier alpha value is -1.93. The van der Waals surface area contributed by atoms with Gasteiger partial charge in [-0.15, -0.1) is 0 Å². The average molecular weight is 394 g/mol. The maximum absolute atomic E-state index is 13.0. The van der Waals surface area contributed by atoms with E-state index in [0.29, 0.717) is 19.5 Å². The summed E-state index contributed by atoms with van der Waals surface area (Å²) in [5.41, 5.74) is 0.275. The van der Waals surface area contributed by atoms with Gasteiger partial charge in [0.1, 0.15) is 6.04 Å². The Bertz CT molecular complexity index is 823. The van der Waals surface area contributed by atoms with Crippen LogP contribution in [0.15, 0.2) is 29.2 Å². The minimum atomic E-state index is -3.65. The van der Waals surface area contributed by atoms with Crippen LogP contribution in [-0.2, 0) is 19.6 Å². The number of hydrogen-bond acceptors (Lipinski definition) is 5. The molecule has 3 rings (SSSR count). The zero-order chi connectivity index (χ0) is 19.6. The van der Waals surface area contributed by atoms with E-state index in [1.165, 1.54) is 28.4 Å². The molecule has 0 radical (unpaired) electrons. The van der Waals surface area contributed by atoms with Crippen LogP contribution >= 0.6 is 0 Å². The average Bonchev–Trinajstić information content (AvgIpc) is 3.17. The molecule has 0 bridgehead atoms. The normalized spacial score (nSPS) is 24.0. The third-order valence-corrected chi connectivity index (χ3v) is 7.43. The van der Waals surface area contributed by atoms with Crippen LogP contribution in [0.5, 0.6) is 0 Å². The fraction of sp³-hybridized carbons (Fsp3) is 0.579. The highest BCUT2D eigenvalue weighted by Gasteiger charge is 2.36. The van der Waals surface area contributed by atoms with Crippen molar-refractivity contribution in [1.29, 1.82) is 0 Å². The number of esters is 1. The minimum Gasteiger partial charge on any atom is -0.467 e. The van der Waals surface area contributed by atoms with E-state index in [-0.39, 0.29) is 22.4 Å².